The number of amides is 1. The van der Waals surface area contributed by atoms with Crippen molar-refractivity contribution in [3.8, 4) is 0 Å². The van der Waals surface area contributed by atoms with Crippen LogP contribution in [0.3, 0.4) is 0 Å². The van der Waals surface area contributed by atoms with Gasteiger partial charge in [-0.05, 0) is 89.5 Å². The molecule has 1 amide bonds. The van der Waals surface area contributed by atoms with E-state index >= 15 is 0 Å². The Bertz CT molecular complexity index is 1420. The lowest BCUT2D eigenvalue weighted by Gasteiger charge is -2.30. The van der Waals surface area contributed by atoms with Crippen molar-refractivity contribution in [3.05, 3.63) is 48.6 Å². The van der Waals surface area contributed by atoms with Crippen LogP contribution in [0.15, 0.2) is 48.6 Å². The number of quaternary nitrogens is 1. The van der Waals surface area contributed by atoms with E-state index < -0.39 is 20.0 Å². The lowest BCUT2D eigenvalue weighted by atomic mass is 10.0. The fourth-order valence-corrected chi connectivity index (χ4v) is 9.98. The predicted molar refractivity (Wildman–Crippen MR) is 321 cm³/mol. The number of carbonyl (C=O) groups is 2. The number of carbonyl (C=O) groups excluding carboxylic acids is 2. The van der Waals surface area contributed by atoms with E-state index in [1.54, 1.807) is 0 Å². The number of nitrogens with zero attached hydrogens (tertiary/aromatic N) is 1. The largest absolute Gasteiger partial charge is 0.756 e. The van der Waals surface area contributed by atoms with Gasteiger partial charge in [0.05, 0.1) is 33.8 Å². The molecule has 0 aromatic carbocycles. The van der Waals surface area contributed by atoms with Gasteiger partial charge in [-0.3, -0.25) is 14.2 Å². The second-order valence-electron chi connectivity index (χ2n) is 22.9. The zero-order chi connectivity index (χ0) is 55.0. The van der Waals surface area contributed by atoms with Crippen molar-refractivity contribution in [3.63, 3.8) is 0 Å². The standard InChI is InChI=1S/C65H123N2O7P/c1-7-10-13-16-19-22-25-27-29-30-31-32-33-34-35-36-38-39-42-45-48-51-54-57-64(68)66-62(61-73-75(70,71)72-60-59-67(4,5)6)63(56-53-50-47-44-41-24-21-18-15-12-9-3)74-65(69)58-55-52-49-46-43-40-37-28-26-23-20-17-14-11-8-2/h19,22-23,26-27,29,53,56,62-63H,7-18,20-21,24-25,28,30-52,54-55,57-61H2,1-6H3,(H-,66,68,70,71)/b22-19-,26-23-,29-27-,56-53-. The normalized spacial score (nSPS) is 14.0. The minimum Gasteiger partial charge on any atom is -0.756 e. The Balaban J connectivity index is 5.11. The number of hydrogen-bond donors (Lipinski definition) is 1. The summed E-state index contributed by atoms with van der Waals surface area (Å²) in [6.45, 7) is 6.82. The lowest BCUT2D eigenvalue weighted by molar-refractivity contribution is -0.870. The van der Waals surface area contributed by atoms with Crippen LogP contribution >= 0.6 is 7.82 Å². The number of allylic oxidation sites excluding steroid dienone is 7. The molecular weight excluding hydrogens is 952 g/mol. The number of nitrogens with one attached hydrogen (secondary N) is 1. The first-order valence-corrected chi connectivity index (χ1v) is 33.4. The summed E-state index contributed by atoms with van der Waals surface area (Å²) in [5.41, 5.74) is 0. The molecule has 0 radical (unpaired) electrons. The van der Waals surface area contributed by atoms with Gasteiger partial charge in [0.25, 0.3) is 7.82 Å². The van der Waals surface area contributed by atoms with Crippen LogP contribution in [0.2, 0.25) is 0 Å². The lowest BCUT2D eigenvalue weighted by Crippen LogP contribution is -2.47. The maximum Gasteiger partial charge on any atom is 0.306 e. The van der Waals surface area contributed by atoms with E-state index in [0.717, 1.165) is 77.0 Å². The van der Waals surface area contributed by atoms with Crippen LogP contribution in [0.1, 0.15) is 303 Å². The first-order valence-electron chi connectivity index (χ1n) is 31.9. The summed E-state index contributed by atoms with van der Waals surface area (Å²) >= 11 is 0. The third kappa shape index (κ3) is 56.5. The zero-order valence-corrected chi connectivity index (χ0v) is 51.2. The Morgan fingerprint density at radius 2 is 0.813 bits per heavy atom. The molecule has 440 valence electrons. The molecule has 0 bridgehead atoms. The average molecular weight is 1080 g/mol. The molecule has 75 heavy (non-hydrogen) atoms. The molecule has 0 saturated heterocycles. The summed E-state index contributed by atoms with van der Waals surface area (Å²) in [5.74, 6) is -0.538. The molecule has 0 aromatic heterocycles. The van der Waals surface area contributed by atoms with E-state index in [-0.39, 0.29) is 31.5 Å². The Morgan fingerprint density at radius 3 is 1.25 bits per heavy atom. The van der Waals surface area contributed by atoms with Crippen LogP contribution in [0.5, 0.6) is 0 Å². The van der Waals surface area contributed by atoms with Crippen molar-refractivity contribution in [1.29, 1.82) is 0 Å². The molecule has 10 heteroatoms. The third-order valence-corrected chi connectivity index (χ3v) is 15.2. The molecule has 0 aliphatic heterocycles. The van der Waals surface area contributed by atoms with Gasteiger partial charge in [-0.1, -0.05) is 250 Å². The van der Waals surface area contributed by atoms with E-state index in [1.807, 2.05) is 33.3 Å². The van der Waals surface area contributed by atoms with Crippen molar-refractivity contribution >= 4 is 19.7 Å². The van der Waals surface area contributed by atoms with Gasteiger partial charge in [0, 0.05) is 12.8 Å². The molecule has 0 aromatic rings. The van der Waals surface area contributed by atoms with Crippen molar-refractivity contribution in [1.82, 2.24) is 5.32 Å². The highest BCUT2D eigenvalue weighted by atomic mass is 31.2. The average Bonchev–Trinajstić information content (AvgIpc) is 3.37. The van der Waals surface area contributed by atoms with Crippen LogP contribution in [0.25, 0.3) is 0 Å². The summed E-state index contributed by atoms with van der Waals surface area (Å²) in [7, 11) is 1.19. The Morgan fingerprint density at radius 1 is 0.467 bits per heavy atom. The molecule has 1 N–H and O–H groups in total. The van der Waals surface area contributed by atoms with Gasteiger partial charge in [0.1, 0.15) is 19.3 Å². The Labute approximate surface area is 465 Å². The van der Waals surface area contributed by atoms with Gasteiger partial charge in [0.15, 0.2) is 0 Å². The molecule has 9 nitrogen and oxygen atoms in total. The number of likely N-dealkylation sites (N-methyl/N-ethyl adjacent to an activating group) is 1. The summed E-state index contributed by atoms with van der Waals surface area (Å²) < 4.78 is 30.3. The number of esters is 1. The molecule has 0 heterocycles. The van der Waals surface area contributed by atoms with Crippen molar-refractivity contribution in [2.45, 2.75) is 315 Å². The van der Waals surface area contributed by atoms with Crippen LogP contribution < -0.4 is 10.2 Å². The molecule has 3 atom stereocenters. The van der Waals surface area contributed by atoms with Crippen molar-refractivity contribution in [2.24, 2.45) is 0 Å². The highest BCUT2D eigenvalue weighted by Crippen LogP contribution is 2.38. The minimum atomic E-state index is -4.70. The van der Waals surface area contributed by atoms with Crippen LogP contribution in [0, 0.1) is 0 Å². The summed E-state index contributed by atoms with van der Waals surface area (Å²) in [5, 5.41) is 3.03. The molecule has 0 fully saturated rings. The SMILES string of the molecule is CCCCC/C=C\C/C=C\CCCCCCCCCCCCCCCC(=O)NC(COP(=O)([O-])OCC[N+](C)(C)C)C(/C=C\CCCCCCCCCCC)OC(=O)CCCCCCCCC/C=C\CCCCCC. The monoisotopic (exact) mass is 1070 g/mol. The van der Waals surface area contributed by atoms with Gasteiger partial charge >= 0.3 is 5.97 Å². The maximum absolute atomic E-state index is 13.5. The second-order valence-corrected chi connectivity index (χ2v) is 24.3. The van der Waals surface area contributed by atoms with E-state index in [0.29, 0.717) is 17.4 Å². The van der Waals surface area contributed by atoms with E-state index in [1.165, 1.54) is 193 Å². The number of rotatable bonds is 58. The van der Waals surface area contributed by atoms with E-state index in [9.17, 15) is 19.0 Å². The minimum absolute atomic E-state index is 0.0223. The summed E-state index contributed by atoms with van der Waals surface area (Å²) in [6.07, 6.45) is 67.9. The van der Waals surface area contributed by atoms with Gasteiger partial charge in [0.2, 0.25) is 5.91 Å². The predicted octanol–water partition coefficient (Wildman–Crippen LogP) is 19.0. The number of phosphoric acid groups is 1. The topological polar surface area (TPSA) is 114 Å². The van der Waals surface area contributed by atoms with Crippen molar-refractivity contribution in [2.75, 3.05) is 40.9 Å². The highest BCUT2D eigenvalue weighted by molar-refractivity contribution is 7.45. The van der Waals surface area contributed by atoms with Gasteiger partial charge in [-0.2, -0.15) is 0 Å². The van der Waals surface area contributed by atoms with Crippen LogP contribution in [0.4, 0.5) is 0 Å². The van der Waals surface area contributed by atoms with E-state index in [2.05, 4.69) is 62.5 Å². The first kappa shape index (κ1) is 73.0. The fraction of sp³-hybridized carbons (Fsp3) is 0.846. The first-order chi connectivity index (χ1) is 36.4. The number of unbranched alkanes of at least 4 members (excludes halogenated alkanes) is 36. The maximum atomic E-state index is 13.5. The Kier molecular flexibility index (Phi) is 53.8. The summed E-state index contributed by atoms with van der Waals surface area (Å²) in [6, 6.07) is -0.888. The number of phosphoric ester groups is 1. The molecule has 0 saturated carbocycles. The van der Waals surface area contributed by atoms with Crippen LogP contribution in [-0.4, -0.2) is 69.4 Å². The number of ether oxygens (including phenoxy) is 1. The molecule has 0 spiro atoms. The van der Waals surface area contributed by atoms with Gasteiger partial charge in [-0.25, -0.2) is 0 Å². The molecule has 3 unspecified atom stereocenters. The summed E-state index contributed by atoms with van der Waals surface area (Å²) in [4.78, 5) is 40.0. The van der Waals surface area contributed by atoms with Gasteiger partial charge < -0.3 is 28.5 Å². The van der Waals surface area contributed by atoms with Crippen LogP contribution in [-0.2, 0) is 27.9 Å². The molecule has 0 aliphatic rings. The highest BCUT2D eigenvalue weighted by Gasteiger charge is 2.27. The molecule has 0 aliphatic carbocycles. The molecule has 0 rings (SSSR count). The van der Waals surface area contributed by atoms with Crippen molar-refractivity contribution < 1.29 is 37.3 Å². The fourth-order valence-electron chi connectivity index (χ4n) is 9.25. The molecular formula is C65H123N2O7P. The third-order valence-electron chi connectivity index (χ3n) is 14.2. The Hall–Kier alpha value is -2.03. The van der Waals surface area contributed by atoms with E-state index in [4.69, 9.17) is 13.8 Å². The smallest absolute Gasteiger partial charge is 0.306 e. The number of hydrogen-bond acceptors (Lipinski definition) is 7. The quantitative estimate of drug-likeness (QED) is 0.0212. The second kappa shape index (κ2) is 55.3. The zero-order valence-electron chi connectivity index (χ0n) is 50.3. The van der Waals surface area contributed by atoms with Gasteiger partial charge in [-0.15, -0.1) is 0 Å².